The van der Waals surface area contributed by atoms with Gasteiger partial charge < -0.3 is 10.0 Å². The Hall–Kier alpha value is -2.46. The van der Waals surface area contributed by atoms with Crippen LogP contribution in [-0.2, 0) is 11.0 Å². The lowest BCUT2D eigenvalue weighted by molar-refractivity contribution is 0.122. The van der Waals surface area contributed by atoms with Crippen LogP contribution < -0.4 is 4.90 Å². The summed E-state index contributed by atoms with van der Waals surface area (Å²) in [5.41, 5.74) is 1.69. The molecule has 0 spiro atoms. The van der Waals surface area contributed by atoms with Crippen LogP contribution in [0.3, 0.4) is 0 Å². The van der Waals surface area contributed by atoms with Crippen molar-refractivity contribution in [3.63, 3.8) is 0 Å². The fraction of sp³-hybridized carbons (Fsp3) is 0.286. The summed E-state index contributed by atoms with van der Waals surface area (Å²) in [6.45, 7) is 6.80. The molecule has 142 valence electrons. The van der Waals surface area contributed by atoms with Gasteiger partial charge in [0.05, 0.1) is 6.20 Å². The molecule has 0 aliphatic carbocycles. The minimum absolute atomic E-state index is 0.0536. The molecule has 1 atom stereocenters. The summed E-state index contributed by atoms with van der Waals surface area (Å²) in [6.07, 6.45) is 4.77. The first-order chi connectivity index (χ1) is 13.3. The highest BCUT2D eigenvalue weighted by Crippen LogP contribution is 2.45. The largest absolute Gasteiger partial charge is 0.371 e. The molecule has 3 aromatic rings. The van der Waals surface area contributed by atoms with E-state index >= 15 is 0 Å². The first kappa shape index (κ1) is 18.9. The van der Waals surface area contributed by atoms with Gasteiger partial charge >= 0.3 is 0 Å². The van der Waals surface area contributed by atoms with E-state index < -0.39 is 5.60 Å². The number of aliphatic hydroxyl groups is 1. The van der Waals surface area contributed by atoms with Crippen LogP contribution in [0.4, 0.5) is 11.5 Å². The zero-order chi connectivity index (χ0) is 19.9. The maximum atomic E-state index is 10.6. The minimum Gasteiger partial charge on any atom is -0.371 e. The first-order valence-corrected chi connectivity index (χ1v) is 10.1. The molecule has 4 rings (SSSR count). The number of rotatable bonds is 2. The van der Waals surface area contributed by atoms with Crippen molar-refractivity contribution in [2.45, 2.75) is 31.8 Å². The molecule has 0 amide bonds. The lowest BCUT2D eigenvalue weighted by atomic mass is 9.86. The van der Waals surface area contributed by atoms with E-state index in [0.29, 0.717) is 15.8 Å². The Morgan fingerprint density at radius 2 is 2.14 bits per heavy atom. The summed E-state index contributed by atoms with van der Waals surface area (Å²) in [7, 11) is 0. The van der Waals surface area contributed by atoms with E-state index in [1.54, 1.807) is 19.3 Å². The molecular formula is C21H19ClN4OS. The normalized spacial score (nSPS) is 16.8. The molecule has 5 nitrogen and oxygen atoms in total. The average Bonchev–Trinajstić information content (AvgIpc) is 3.28. The summed E-state index contributed by atoms with van der Waals surface area (Å²) in [5, 5.41) is 13.5. The molecule has 0 bridgehead atoms. The third-order valence-corrected chi connectivity index (χ3v) is 6.02. The van der Waals surface area contributed by atoms with Crippen molar-refractivity contribution >= 4 is 34.4 Å². The number of nitrogens with zero attached hydrogens (tertiary/aromatic N) is 4. The van der Waals surface area contributed by atoms with Gasteiger partial charge in [-0.2, -0.15) is 0 Å². The predicted octanol–water partition coefficient (Wildman–Crippen LogP) is 4.28. The van der Waals surface area contributed by atoms with Crippen molar-refractivity contribution in [3.8, 4) is 11.8 Å². The Kier molecular flexibility index (Phi) is 4.62. The fourth-order valence-corrected chi connectivity index (χ4v) is 4.24. The monoisotopic (exact) mass is 410 g/mol. The number of hydrogen-bond acceptors (Lipinski definition) is 6. The summed E-state index contributed by atoms with van der Waals surface area (Å²) >= 11 is 7.73. The van der Waals surface area contributed by atoms with E-state index in [1.807, 2.05) is 17.5 Å². The lowest BCUT2D eigenvalue weighted by Gasteiger charge is -2.22. The average molecular weight is 411 g/mol. The van der Waals surface area contributed by atoms with Gasteiger partial charge in [0.25, 0.3) is 0 Å². The molecule has 1 aliphatic rings. The van der Waals surface area contributed by atoms with E-state index in [2.05, 4.69) is 51.6 Å². The molecule has 1 N–H and O–H groups in total. The number of fused-ring (bicyclic) bond motifs is 1. The molecule has 0 radical (unpaired) electrons. The van der Waals surface area contributed by atoms with Gasteiger partial charge in [-0.3, -0.25) is 0 Å². The second kappa shape index (κ2) is 6.85. The number of hydrogen-bond donors (Lipinski definition) is 1. The van der Waals surface area contributed by atoms with Crippen LogP contribution in [0.25, 0.3) is 0 Å². The van der Waals surface area contributed by atoms with Crippen molar-refractivity contribution in [1.29, 1.82) is 0 Å². The molecule has 1 unspecified atom stereocenters. The number of halogens is 1. The smallest absolute Gasteiger partial charge is 0.174 e. The minimum atomic E-state index is -1.29. The highest BCUT2D eigenvalue weighted by molar-refractivity contribution is 7.09. The van der Waals surface area contributed by atoms with Crippen LogP contribution in [0.2, 0.25) is 5.02 Å². The van der Waals surface area contributed by atoms with E-state index in [0.717, 1.165) is 17.8 Å². The van der Waals surface area contributed by atoms with E-state index in [1.165, 1.54) is 23.2 Å². The summed E-state index contributed by atoms with van der Waals surface area (Å²) in [6, 6.07) is 6.09. The Balaban J connectivity index is 1.75. The molecule has 0 fully saturated rings. The van der Waals surface area contributed by atoms with Crippen LogP contribution in [0.5, 0.6) is 0 Å². The van der Waals surface area contributed by atoms with Gasteiger partial charge in [0.1, 0.15) is 16.4 Å². The van der Waals surface area contributed by atoms with E-state index in [-0.39, 0.29) is 5.41 Å². The topological polar surface area (TPSA) is 62.1 Å². The third-order valence-electron chi connectivity index (χ3n) is 4.77. The molecule has 0 saturated heterocycles. The second-order valence-electron chi connectivity index (χ2n) is 7.56. The van der Waals surface area contributed by atoms with Crippen LogP contribution in [0, 0.1) is 11.8 Å². The highest BCUT2D eigenvalue weighted by Gasteiger charge is 2.37. The Labute approximate surface area is 173 Å². The maximum absolute atomic E-state index is 10.6. The number of anilines is 2. The van der Waals surface area contributed by atoms with Crippen LogP contribution >= 0.6 is 22.9 Å². The summed E-state index contributed by atoms with van der Waals surface area (Å²) in [5.74, 6) is 6.71. The lowest BCUT2D eigenvalue weighted by Crippen LogP contribution is -2.25. The third kappa shape index (κ3) is 3.37. The molecule has 1 aromatic carbocycles. The van der Waals surface area contributed by atoms with Gasteiger partial charge in [-0.05, 0) is 24.6 Å². The Morgan fingerprint density at radius 1 is 1.32 bits per heavy atom. The van der Waals surface area contributed by atoms with Crippen LogP contribution in [0.15, 0.2) is 42.3 Å². The quantitative estimate of drug-likeness (QED) is 0.639. The second-order valence-corrected chi connectivity index (χ2v) is 8.86. The predicted molar refractivity (Wildman–Crippen MR) is 112 cm³/mol. The first-order valence-electron chi connectivity index (χ1n) is 8.81. The fourth-order valence-electron chi connectivity index (χ4n) is 3.38. The van der Waals surface area contributed by atoms with Gasteiger partial charge in [-0.1, -0.05) is 43.4 Å². The van der Waals surface area contributed by atoms with E-state index in [9.17, 15) is 5.11 Å². The van der Waals surface area contributed by atoms with Gasteiger partial charge in [0, 0.05) is 34.8 Å². The summed E-state index contributed by atoms with van der Waals surface area (Å²) in [4.78, 5) is 14.6. The standard InChI is InChI=1S/C21H19ClN4OS/c1-20(2)12-26(18-16(22)11-23-13-25-18)17-10-14(4-5-15(17)20)6-7-21(3,27)19-24-8-9-28-19/h4-5,8-11,13,27H,12H2,1-3H3. The molecule has 3 heterocycles. The maximum Gasteiger partial charge on any atom is 0.174 e. The van der Waals surface area contributed by atoms with Gasteiger partial charge in [-0.15, -0.1) is 11.3 Å². The Morgan fingerprint density at radius 3 is 2.86 bits per heavy atom. The number of aromatic nitrogens is 3. The van der Waals surface area contributed by atoms with Gasteiger partial charge in [0.2, 0.25) is 0 Å². The molecule has 0 saturated carbocycles. The van der Waals surface area contributed by atoms with Crippen molar-refractivity contribution < 1.29 is 5.11 Å². The molecular weight excluding hydrogens is 392 g/mol. The number of thiazole rings is 1. The van der Waals surface area contributed by atoms with Crippen molar-refractivity contribution in [3.05, 3.63) is 63.5 Å². The molecule has 2 aromatic heterocycles. The highest BCUT2D eigenvalue weighted by atomic mass is 35.5. The van der Waals surface area contributed by atoms with Gasteiger partial charge in [-0.25, -0.2) is 15.0 Å². The summed E-state index contributed by atoms with van der Waals surface area (Å²) < 4.78 is 0. The van der Waals surface area contributed by atoms with Crippen molar-refractivity contribution in [2.75, 3.05) is 11.4 Å². The van der Waals surface area contributed by atoms with Gasteiger partial charge in [0.15, 0.2) is 11.4 Å². The van der Waals surface area contributed by atoms with Crippen LogP contribution in [0.1, 0.15) is 36.9 Å². The van der Waals surface area contributed by atoms with Crippen LogP contribution in [-0.4, -0.2) is 26.6 Å². The van der Waals surface area contributed by atoms with Crippen molar-refractivity contribution in [1.82, 2.24) is 15.0 Å². The molecule has 1 aliphatic heterocycles. The van der Waals surface area contributed by atoms with Crippen molar-refractivity contribution in [2.24, 2.45) is 0 Å². The van der Waals surface area contributed by atoms with E-state index in [4.69, 9.17) is 11.6 Å². The molecule has 7 heteroatoms. The SMILES string of the molecule is CC(O)(C#Cc1ccc2c(c1)N(c1ncncc1Cl)CC2(C)C)c1nccs1. The molecule has 28 heavy (non-hydrogen) atoms. The zero-order valence-corrected chi connectivity index (χ0v) is 17.3. The number of benzene rings is 1. The zero-order valence-electron chi connectivity index (χ0n) is 15.8. The Bertz CT molecular complexity index is 1080.